The summed E-state index contributed by atoms with van der Waals surface area (Å²) >= 11 is 12.3. The third-order valence-corrected chi connectivity index (χ3v) is 4.30. The second-order valence-corrected chi connectivity index (χ2v) is 6.66. The van der Waals surface area contributed by atoms with Gasteiger partial charge in [-0.3, -0.25) is 0 Å². The molecule has 2 aromatic rings. The van der Waals surface area contributed by atoms with Crippen LogP contribution < -0.4 is 4.74 Å². The van der Waals surface area contributed by atoms with Crippen LogP contribution in [0.4, 0.5) is 0 Å². The Kier molecular flexibility index (Phi) is 6.49. The highest BCUT2D eigenvalue weighted by atomic mass is 35.5. The second-order valence-electron chi connectivity index (χ2n) is 5.85. The monoisotopic (exact) mass is 350 g/mol. The molecule has 0 radical (unpaired) electrons. The van der Waals surface area contributed by atoms with E-state index in [-0.39, 0.29) is 5.78 Å². The van der Waals surface area contributed by atoms with E-state index in [1.807, 2.05) is 30.3 Å². The van der Waals surface area contributed by atoms with E-state index < -0.39 is 0 Å². The first kappa shape index (κ1) is 17.8. The number of benzene rings is 2. The van der Waals surface area contributed by atoms with Crippen molar-refractivity contribution in [2.24, 2.45) is 5.92 Å². The maximum Gasteiger partial charge on any atom is 0.130 e. The average molecular weight is 351 g/mol. The highest BCUT2D eigenvalue weighted by Crippen LogP contribution is 2.26. The number of carbonyl (C=O) groups is 1. The van der Waals surface area contributed by atoms with Gasteiger partial charge in [-0.05, 0) is 49.1 Å². The average Bonchev–Trinajstić information content (AvgIpc) is 2.47. The minimum absolute atomic E-state index is 0.231. The van der Waals surface area contributed by atoms with Gasteiger partial charge in [-0.25, -0.2) is 0 Å². The topological polar surface area (TPSA) is 26.3 Å². The van der Waals surface area contributed by atoms with E-state index in [0.29, 0.717) is 29.0 Å². The fourth-order valence-electron chi connectivity index (χ4n) is 2.51. The van der Waals surface area contributed by atoms with Crippen LogP contribution in [-0.4, -0.2) is 5.78 Å². The lowest BCUT2D eigenvalue weighted by Crippen LogP contribution is -2.05. The van der Waals surface area contributed by atoms with Gasteiger partial charge in [0, 0.05) is 22.0 Å². The normalized spacial score (nSPS) is 12.0. The Bertz CT molecular complexity index is 645. The zero-order valence-corrected chi connectivity index (χ0v) is 14.8. The van der Waals surface area contributed by atoms with E-state index in [1.165, 1.54) is 5.56 Å². The van der Waals surface area contributed by atoms with Crippen LogP contribution in [0.1, 0.15) is 31.4 Å². The molecule has 0 aliphatic heterocycles. The maximum absolute atomic E-state index is 11.1. The Morgan fingerprint density at radius 3 is 2.26 bits per heavy atom. The lowest BCUT2D eigenvalue weighted by atomic mass is 9.96. The Labute approximate surface area is 147 Å². The van der Waals surface area contributed by atoms with Gasteiger partial charge < -0.3 is 9.53 Å². The second kappa shape index (κ2) is 8.37. The molecule has 4 heteroatoms. The predicted molar refractivity (Wildman–Crippen MR) is 95.4 cm³/mol. The lowest BCUT2D eigenvalue weighted by molar-refractivity contribution is -0.117. The molecule has 0 fully saturated rings. The quantitative estimate of drug-likeness (QED) is 0.637. The van der Waals surface area contributed by atoms with Crippen molar-refractivity contribution in [3.05, 3.63) is 63.6 Å². The first-order chi connectivity index (χ1) is 11.0. The molecule has 0 aliphatic rings. The summed E-state index contributed by atoms with van der Waals surface area (Å²) in [6, 6.07) is 13.3. The number of hydrogen-bond acceptors (Lipinski definition) is 2. The molecular weight excluding hydrogens is 331 g/mol. The van der Waals surface area contributed by atoms with E-state index >= 15 is 0 Å². The summed E-state index contributed by atoms with van der Waals surface area (Å²) in [5.74, 6) is 1.35. The van der Waals surface area contributed by atoms with E-state index in [1.54, 1.807) is 19.1 Å². The molecule has 2 nitrogen and oxygen atoms in total. The highest BCUT2D eigenvalue weighted by Gasteiger charge is 2.08. The molecule has 0 amide bonds. The molecule has 122 valence electrons. The summed E-state index contributed by atoms with van der Waals surface area (Å²) in [7, 11) is 0. The summed E-state index contributed by atoms with van der Waals surface area (Å²) in [6.45, 7) is 4.05. The minimum Gasteiger partial charge on any atom is -0.489 e. The van der Waals surface area contributed by atoms with Gasteiger partial charge in [-0.15, -0.1) is 0 Å². The number of rotatable bonds is 7. The molecule has 0 bridgehead atoms. The first-order valence-electron chi connectivity index (χ1n) is 7.59. The number of ketones is 1. The van der Waals surface area contributed by atoms with E-state index in [4.69, 9.17) is 27.9 Å². The summed E-state index contributed by atoms with van der Waals surface area (Å²) in [5, 5.41) is 1.21. The van der Waals surface area contributed by atoms with Crippen LogP contribution in [0, 0.1) is 5.92 Å². The number of carbonyl (C=O) groups excluding carboxylic acids is 1. The Hall–Kier alpha value is -1.51. The van der Waals surface area contributed by atoms with Gasteiger partial charge in [0.2, 0.25) is 0 Å². The SMILES string of the molecule is CC(=O)CC(C)Cc1ccc(OCc2c(Cl)cccc2Cl)cc1. The molecule has 23 heavy (non-hydrogen) atoms. The molecule has 2 aromatic carbocycles. The van der Waals surface area contributed by atoms with Crippen molar-refractivity contribution in [3.8, 4) is 5.75 Å². The molecule has 0 heterocycles. The highest BCUT2D eigenvalue weighted by molar-refractivity contribution is 6.35. The maximum atomic E-state index is 11.1. The number of hydrogen-bond donors (Lipinski definition) is 0. The fourth-order valence-corrected chi connectivity index (χ4v) is 3.02. The predicted octanol–water partition coefficient (Wildman–Crippen LogP) is 5.73. The fraction of sp³-hybridized carbons (Fsp3) is 0.316. The number of ether oxygens (including phenoxy) is 1. The molecule has 0 spiro atoms. The molecule has 2 rings (SSSR count). The van der Waals surface area contributed by atoms with Crippen LogP contribution >= 0.6 is 23.2 Å². The van der Waals surface area contributed by atoms with Gasteiger partial charge in [-0.1, -0.05) is 48.3 Å². The van der Waals surface area contributed by atoms with Crippen molar-refractivity contribution in [2.45, 2.75) is 33.3 Å². The van der Waals surface area contributed by atoms with Crippen molar-refractivity contribution >= 4 is 29.0 Å². The van der Waals surface area contributed by atoms with E-state index in [2.05, 4.69) is 6.92 Å². The molecule has 1 unspecified atom stereocenters. The molecule has 0 aliphatic carbocycles. The van der Waals surface area contributed by atoms with Gasteiger partial charge in [0.05, 0.1) is 0 Å². The molecule has 0 N–H and O–H groups in total. The van der Waals surface area contributed by atoms with E-state index in [9.17, 15) is 4.79 Å². The summed E-state index contributed by atoms with van der Waals surface area (Å²) in [4.78, 5) is 11.1. The largest absolute Gasteiger partial charge is 0.489 e. The van der Waals surface area contributed by atoms with Crippen LogP contribution in [0.5, 0.6) is 5.75 Å². The molecule has 0 saturated carbocycles. The Morgan fingerprint density at radius 2 is 1.70 bits per heavy atom. The molecular formula is C19H20Cl2O2. The zero-order chi connectivity index (χ0) is 16.8. The van der Waals surface area contributed by atoms with Gasteiger partial charge in [0.15, 0.2) is 0 Å². The van der Waals surface area contributed by atoms with Crippen molar-refractivity contribution in [2.75, 3.05) is 0 Å². The number of Topliss-reactive ketones (excluding diaryl/α,β-unsaturated/α-hetero) is 1. The van der Waals surface area contributed by atoms with Crippen LogP contribution in [0.3, 0.4) is 0 Å². The van der Waals surface area contributed by atoms with Crippen molar-refractivity contribution in [1.29, 1.82) is 0 Å². The summed E-state index contributed by atoms with van der Waals surface area (Å²) in [5.41, 5.74) is 1.98. The molecule has 0 saturated heterocycles. The first-order valence-corrected chi connectivity index (χ1v) is 8.35. The lowest BCUT2D eigenvalue weighted by Gasteiger charge is -2.12. The zero-order valence-electron chi connectivity index (χ0n) is 13.3. The van der Waals surface area contributed by atoms with Crippen LogP contribution in [0.2, 0.25) is 10.0 Å². The summed E-state index contributed by atoms with van der Waals surface area (Å²) in [6.07, 6.45) is 1.50. The van der Waals surface area contributed by atoms with Gasteiger partial charge in [0.25, 0.3) is 0 Å². The Balaban J connectivity index is 1.94. The Morgan fingerprint density at radius 1 is 1.09 bits per heavy atom. The van der Waals surface area contributed by atoms with Gasteiger partial charge in [0.1, 0.15) is 18.1 Å². The molecule has 0 aromatic heterocycles. The van der Waals surface area contributed by atoms with Crippen LogP contribution in [-0.2, 0) is 17.8 Å². The number of halogens is 2. The third-order valence-electron chi connectivity index (χ3n) is 3.59. The van der Waals surface area contributed by atoms with Crippen LogP contribution in [0.15, 0.2) is 42.5 Å². The van der Waals surface area contributed by atoms with Crippen molar-refractivity contribution in [1.82, 2.24) is 0 Å². The van der Waals surface area contributed by atoms with Crippen LogP contribution in [0.25, 0.3) is 0 Å². The summed E-state index contributed by atoms with van der Waals surface area (Å²) < 4.78 is 5.76. The van der Waals surface area contributed by atoms with Gasteiger partial charge in [-0.2, -0.15) is 0 Å². The molecule has 1 atom stereocenters. The van der Waals surface area contributed by atoms with Crippen molar-refractivity contribution < 1.29 is 9.53 Å². The smallest absolute Gasteiger partial charge is 0.130 e. The van der Waals surface area contributed by atoms with E-state index in [0.717, 1.165) is 17.7 Å². The van der Waals surface area contributed by atoms with Gasteiger partial charge >= 0.3 is 0 Å². The minimum atomic E-state index is 0.231. The standard InChI is InChI=1S/C19H20Cl2O2/c1-13(10-14(2)22)11-15-6-8-16(9-7-15)23-12-17-18(20)4-3-5-19(17)21/h3-9,13H,10-12H2,1-2H3. The third kappa shape index (κ3) is 5.56. The van der Waals surface area contributed by atoms with Crippen molar-refractivity contribution in [3.63, 3.8) is 0 Å².